The third kappa shape index (κ3) is 4.44. The number of benzene rings is 2. The van der Waals surface area contributed by atoms with Crippen molar-refractivity contribution >= 4 is 0 Å². The number of hydrogen-bond acceptors (Lipinski definition) is 1. The summed E-state index contributed by atoms with van der Waals surface area (Å²) in [7, 11) is 0. The van der Waals surface area contributed by atoms with Gasteiger partial charge in [0.1, 0.15) is 17.1 Å². The van der Waals surface area contributed by atoms with Gasteiger partial charge in [0, 0.05) is 22.3 Å². The molecular formula is C29H39N2O+. The van der Waals surface area contributed by atoms with Gasteiger partial charge in [-0.25, -0.2) is 9.36 Å². The molecule has 32 heavy (non-hydrogen) atoms. The standard InChI is InChI=1S/C29H39N2O/c1-18(2)23-12-10-13-24(19(3)4)28(23)30-17-31(27(32)16-22(30)9)29-25(20(5)6)14-11-15-26(29)21(7)8/h10-21H,1-9H3/q+1. The predicted octanol–water partition coefficient (Wildman–Crippen LogP) is 6.92. The number of rotatable bonds is 6. The monoisotopic (exact) mass is 431 g/mol. The molecule has 170 valence electrons. The molecule has 0 aliphatic heterocycles. The molecule has 0 bridgehead atoms. The average molecular weight is 432 g/mol. The maximum Gasteiger partial charge on any atom is 0.342 e. The second-order valence-corrected chi connectivity index (χ2v) is 10.2. The topological polar surface area (TPSA) is 25.9 Å². The molecular weight excluding hydrogens is 392 g/mol. The Bertz CT molecular complexity index is 1110. The maximum absolute atomic E-state index is 13.4. The molecule has 0 aliphatic rings. The Kier molecular flexibility index (Phi) is 7.07. The van der Waals surface area contributed by atoms with Crippen molar-refractivity contribution in [1.29, 1.82) is 0 Å². The molecule has 0 spiro atoms. The normalized spacial score (nSPS) is 11.9. The third-order valence-corrected chi connectivity index (χ3v) is 6.35. The first-order chi connectivity index (χ1) is 15.0. The van der Waals surface area contributed by atoms with E-state index in [1.54, 1.807) is 6.07 Å². The van der Waals surface area contributed by atoms with Gasteiger partial charge < -0.3 is 0 Å². The van der Waals surface area contributed by atoms with Crippen LogP contribution in [0.5, 0.6) is 0 Å². The zero-order valence-electron chi connectivity index (χ0n) is 21.2. The van der Waals surface area contributed by atoms with Gasteiger partial charge in [-0.15, -0.1) is 0 Å². The van der Waals surface area contributed by atoms with Gasteiger partial charge in [0.05, 0.1) is 6.07 Å². The number of para-hydroxylation sites is 2. The van der Waals surface area contributed by atoms with Crippen LogP contribution in [0.25, 0.3) is 11.4 Å². The molecule has 0 atom stereocenters. The summed E-state index contributed by atoms with van der Waals surface area (Å²) in [5.74, 6) is 1.40. The van der Waals surface area contributed by atoms with E-state index < -0.39 is 0 Å². The van der Waals surface area contributed by atoms with Crippen LogP contribution in [0.15, 0.2) is 53.6 Å². The van der Waals surface area contributed by atoms with Crippen LogP contribution in [-0.4, -0.2) is 4.57 Å². The number of nitrogens with zero attached hydrogens (tertiary/aromatic N) is 2. The van der Waals surface area contributed by atoms with Crippen molar-refractivity contribution in [1.82, 2.24) is 4.57 Å². The molecule has 1 heterocycles. The van der Waals surface area contributed by atoms with Gasteiger partial charge in [-0.2, -0.15) is 4.57 Å². The number of hydrogen-bond donors (Lipinski definition) is 0. The van der Waals surface area contributed by atoms with Gasteiger partial charge in [0.15, 0.2) is 0 Å². The molecule has 0 radical (unpaired) electrons. The van der Waals surface area contributed by atoms with E-state index in [0.717, 1.165) is 11.4 Å². The maximum atomic E-state index is 13.4. The van der Waals surface area contributed by atoms with Gasteiger partial charge in [-0.05, 0) is 30.6 Å². The van der Waals surface area contributed by atoms with Crippen LogP contribution in [0.1, 0.15) is 107 Å². The van der Waals surface area contributed by atoms with E-state index in [2.05, 4.69) is 96.4 Å². The van der Waals surface area contributed by atoms with Crippen LogP contribution in [0, 0.1) is 6.92 Å². The Morgan fingerprint density at radius 3 is 1.50 bits per heavy atom. The summed E-state index contributed by atoms with van der Waals surface area (Å²) >= 11 is 0. The quantitative estimate of drug-likeness (QED) is 0.389. The van der Waals surface area contributed by atoms with Crippen LogP contribution in [0.2, 0.25) is 0 Å². The summed E-state index contributed by atoms with van der Waals surface area (Å²) in [6.45, 7) is 19.8. The highest BCUT2D eigenvalue weighted by atomic mass is 16.1. The van der Waals surface area contributed by atoms with Gasteiger partial charge in [-0.3, -0.25) is 0 Å². The van der Waals surface area contributed by atoms with Crippen molar-refractivity contribution in [2.24, 2.45) is 0 Å². The van der Waals surface area contributed by atoms with Gasteiger partial charge in [0.25, 0.3) is 6.33 Å². The lowest BCUT2D eigenvalue weighted by atomic mass is 9.92. The summed E-state index contributed by atoms with van der Waals surface area (Å²) in [6, 6.07) is 14.8. The fraction of sp³-hybridized carbons (Fsp3) is 0.448. The zero-order valence-corrected chi connectivity index (χ0v) is 21.2. The van der Waals surface area contributed by atoms with Crippen molar-refractivity contribution < 1.29 is 4.57 Å². The van der Waals surface area contributed by atoms with Crippen LogP contribution in [0.3, 0.4) is 0 Å². The Hall–Kier alpha value is -2.68. The molecule has 3 nitrogen and oxygen atoms in total. The fourth-order valence-corrected chi connectivity index (χ4v) is 4.56. The van der Waals surface area contributed by atoms with Crippen LogP contribution >= 0.6 is 0 Å². The largest absolute Gasteiger partial charge is 0.342 e. The van der Waals surface area contributed by atoms with Crippen LogP contribution in [-0.2, 0) is 0 Å². The summed E-state index contributed by atoms with van der Waals surface area (Å²) < 4.78 is 4.10. The van der Waals surface area contributed by atoms with E-state index in [1.807, 2.05) is 17.8 Å². The molecule has 3 heteroatoms. The minimum atomic E-state index is 0.0156. The minimum Gasteiger partial charge on any atom is -0.241 e. The first kappa shape index (κ1) is 24.0. The second kappa shape index (κ2) is 9.44. The first-order valence-electron chi connectivity index (χ1n) is 12.0. The van der Waals surface area contributed by atoms with Crippen molar-refractivity contribution in [3.8, 4) is 11.4 Å². The van der Waals surface area contributed by atoms with Crippen LogP contribution in [0.4, 0.5) is 0 Å². The molecule has 0 amide bonds. The van der Waals surface area contributed by atoms with E-state index in [4.69, 9.17) is 0 Å². The Morgan fingerprint density at radius 2 is 1.09 bits per heavy atom. The smallest absolute Gasteiger partial charge is 0.241 e. The van der Waals surface area contributed by atoms with Crippen molar-refractivity contribution in [2.75, 3.05) is 0 Å². The second-order valence-electron chi connectivity index (χ2n) is 10.2. The molecule has 0 aliphatic carbocycles. The highest BCUT2D eigenvalue weighted by Gasteiger charge is 2.26. The number of aromatic nitrogens is 2. The van der Waals surface area contributed by atoms with Crippen molar-refractivity contribution in [3.63, 3.8) is 0 Å². The average Bonchev–Trinajstić information content (AvgIpc) is 2.72. The molecule has 0 N–H and O–H groups in total. The number of aryl methyl sites for hydroxylation is 1. The van der Waals surface area contributed by atoms with Crippen molar-refractivity contribution in [2.45, 2.75) is 86.0 Å². The molecule has 1 aromatic heterocycles. The molecule has 0 saturated carbocycles. The van der Waals surface area contributed by atoms with Gasteiger partial charge in [-0.1, -0.05) is 91.8 Å². The lowest BCUT2D eigenvalue weighted by Gasteiger charge is -2.20. The Labute approximate surface area is 193 Å². The fourth-order valence-electron chi connectivity index (χ4n) is 4.56. The first-order valence-corrected chi connectivity index (χ1v) is 12.0. The molecule has 3 aromatic rings. The van der Waals surface area contributed by atoms with E-state index >= 15 is 0 Å². The SMILES string of the molecule is Cc1cc(=O)n(-c2c(C(C)C)cccc2C(C)C)c[n+]1-c1c(C(C)C)cccc1C(C)C. The van der Waals surface area contributed by atoms with E-state index in [1.165, 1.54) is 27.9 Å². The minimum absolute atomic E-state index is 0.0156. The lowest BCUT2D eigenvalue weighted by molar-refractivity contribution is -0.608. The van der Waals surface area contributed by atoms with Crippen molar-refractivity contribution in [3.05, 3.63) is 87.1 Å². The molecule has 0 saturated heterocycles. The van der Waals surface area contributed by atoms with Crippen LogP contribution < -0.4 is 10.1 Å². The third-order valence-electron chi connectivity index (χ3n) is 6.35. The Balaban J connectivity index is 2.44. The van der Waals surface area contributed by atoms with E-state index in [-0.39, 0.29) is 5.56 Å². The summed E-state index contributed by atoms with van der Waals surface area (Å²) in [5, 5.41) is 0. The van der Waals surface area contributed by atoms with E-state index in [0.29, 0.717) is 23.7 Å². The zero-order chi connectivity index (χ0) is 23.7. The molecule has 2 aromatic carbocycles. The summed E-state index contributed by atoms with van der Waals surface area (Å²) in [5.41, 5.74) is 8.22. The lowest BCUT2D eigenvalue weighted by Crippen LogP contribution is -2.42. The highest BCUT2D eigenvalue weighted by molar-refractivity contribution is 5.51. The highest BCUT2D eigenvalue weighted by Crippen LogP contribution is 2.31. The predicted molar refractivity (Wildman–Crippen MR) is 135 cm³/mol. The molecule has 0 fully saturated rings. The van der Waals surface area contributed by atoms with Gasteiger partial charge >= 0.3 is 5.56 Å². The Morgan fingerprint density at radius 1 is 0.688 bits per heavy atom. The summed E-state index contributed by atoms with van der Waals surface area (Å²) in [4.78, 5) is 13.4. The molecule has 0 unspecified atom stereocenters. The van der Waals surface area contributed by atoms with E-state index in [9.17, 15) is 4.79 Å². The molecule has 3 rings (SSSR count). The van der Waals surface area contributed by atoms with Gasteiger partial charge in [0.2, 0.25) is 0 Å². The summed E-state index contributed by atoms with van der Waals surface area (Å²) in [6.07, 6.45) is 2.03.